The lowest BCUT2D eigenvalue weighted by Crippen LogP contribution is -2.60. The van der Waals surface area contributed by atoms with Crippen molar-refractivity contribution in [1.82, 2.24) is 5.32 Å². The van der Waals surface area contributed by atoms with Crippen LogP contribution in [0.5, 0.6) is 0 Å². The highest BCUT2D eigenvalue weighted by Gasteiger charge is 2.58. The monoisotopic (exact) mass is 301 g/mol. The van der Waals surface area contributed by atoms with Gasteiger partial charge in [0.1, 0.15) is 6.29 Å². The van der Waals surface area contributed by atoms with Gasteiger partial charge in [-0.05, 0) is 72.7 Å². The van der Waals surface area contributed by atoms with Gasteiger partial charge >= 0.3 is 0 Å². The van der Waals surface area contributed by atoms with Crippen LogP contribution in [0.4, 0.5) is 0 Å². The maximum atomic E-state index is 11.8. The molecule has 22 heavy (non-hydrogen) atoms. The molecular weight excluding hydrogens is 274 g/mol. The Kier molecular flexibility index (Phi) is 3.08. The first-order valence-electron chi connectivity index (χ1n) is 8.94. The van der Waals surface area contributed by atoms with Crippen molar-refractivity contribution < 1.29 is 9.59 Å². The van der Waals surface area contributed by atoms with Gasteiger partial charge in [-0.3, -0.25) is 9.59 Å². The van der Waals surface area contributed by atoms with Gasteiger partial charge in [0.05, 0.1) is 0 Å². The maximum Gasteiger partial charge on any atom is 0.220 e. The number of allylic oxidation sites excluding steroid dienone is 2. The summed E-state index contributed by atoms with van der Waals surface area (Å²) < 4.78 is 0. The molecule has 2 saturated carbocycles. The summed E-state index contributed by atoms with van der Waals surface area (Å²) in [6, 6.07) is 0.374. The number of amides is 1. The summed E-state index contributed by atoms with van der Waals surface area (Å²) in [4.78, 5) is 23.2. The highest BCUT2D eigenvalue weighted by atomic mass is 16.1. The predicted molar refractivity (Wildman–Crippen MR) is 85.1 cm³/mol. The highest BCUT2D eigenvalue weighted by Crippen LogP contribution is 2.63. The first kappa shape index (κ1) is 14.5. The minimum Gasteiger partial charge on any atom is -0.353 e. The molecule has 4 rings (SSSR count). The van der Waals surface area contributed by atoms with Crippen molar-refractivity contribution in [3.05, 3.63) is 11.6 Å². The fraction of sp³-hybridized carbons (Fsp3) is 0.789. The number of aldehydes is 1. The average Bonchev–Trinajstić information content (AvgIpc) is 2.84. The molecule has 1 aliphatic heterocycles. The van der Waals surface area contributed by atoms with Gasteiger partial charge in [0.25, 0.3) is 0 Å². The van der Waals surface area contributed by atoms with Crippen LogP contribution < -0.4 is 5.32 Å². The van der Waals surface area contributed by atoms with E-state index in [-0.39, 0.29) is 16.7 Å². The predicted octanol–water partition coefficient (Wildman–Crippen LogP) is 3.24. The fourth-order valence-electron chi connectivity index (χ4n) is 6.49. The topological polar surface area (TPSA) is 46.2 Å². The Morgan fingerprint density at radius 2 is 2.00 bits per heavy atom. The molecule has 3 heteroatoms. The van der Waals surface area contributed by atoms with Gasteiger partial charge in [0.2, 0.25) is 5.91 Å². The Hall–Kier alpha value is -1.12. The highest BCUT2D eigenvalue weighted by molar-refractivity contribution is 5.77. The molecule has 0 aromatic rings. The van der Waals surface area contributed by atoms with Crippen molar-refractivity contribution in [1.29, 1.82) is 0 Å². The minimum atomic E-state index is 0.115. The molecule has 3 aliphatic carbocycles. The molecule has 1 unspecified atom stereocenters. The number of carbonyl (C=O) groups excluding carboxylic acids is 2. The average molecular weight is 301 g/mol. The zero-order valence-corrected chi connectivity index (χ0v) is 13.7. The Labute approximate surface area is 132 Å². The van der Waals surface area contributed by atoms with E-state index in [4.69, 9.17) is 0 Å². The van der Waals surface area contributed by atoms with Crippen LogP contribution in [-0.2, 0) is 9.59 Å². The van der Waals surface area contributed by atoms with E-state index < -0.39 is 0 Å². The fourth-order valence-corrected chi connectivity index (χ4v) is 6.49. The molecule has 1 amide bonds. The van der Waals surface area contributed by atoms with Crippen LogP contribution in [0, 0.1) is 28.6 Å². The van der Waals surface area contributed by atoms with Gasteiger partial charge in [-0.25, -0.2) is 0 Å². The van der Waals surface area contributed by atoms with Crippen molar-refractivity contribution in [3.8, 4) is 0 Å². The molecule has 0 spiro atoms. The number of carbonyl (C=O) groups is 2. The number of nitrogens with one attached hydrogen (secondary N) is 1. The molecule has 0 aromatic heterocycles. The smallest absolute Gasteiger partial charge is 0.220 e. The van der Waals surface area contributed by atoms with Crippen LogP contribution in [0.25, 0.3) is 0 Å². The maximum absolute atomic E-state index is 11.8. The molecule has 0 radical (unpaired) electrons. The van der Waals surface area contributed by atoms with E-state index in [0.29, 0.717) is 24.3 Å². The molecule has 1 N–H and O–H groups in total. The molecule has 3 nitrogen and oxygen atoms in total. The standard InChI is InChI=1S/C19H27NO2/c1-18-9-7-15-13(14(18)5-3-12(18)11-21)4-6-16-19(15,2)10-8-17(22)20-16/h3,11,13-16H,4-10H2,1-2H3,(H,20,22)/t13-,14-,15-,16?,18+,19+/m0/s1. The quantitative estimate of drug-likeness (QED) is 0.756. The summed E-state index contributed by atoms with van der Waals surface area (Å²) in [5.74, 6) is 2.32. The van der Waals surface area contributed by atoms with Crippen LogP contribution in [0.3, 0.4) is 0 Å². The van der Waals surface area contributed by atoms with Crippen molar-refractivity contribution in [2.24, 2.45) is 28.6 Å². The van der Waals surface area contributed by atoms with Gasteiger partial charge in [0.15, 0.2) is 0 Å². The third-order valence-corrected chi connectivity index (χ3v) is 7.86. The van der Waals surface area contributed by atoms with E-state index in [1.54, 1.807) is 0 Å². The summed E-state index contributed by atoms with van der Waals surface area (Å²) in [5, 5.41) is 3.27. The summed E-state index contributed by atoms with van der Waals surface area (Å²) in [7, 11) is 0. The van der Waals surface area contributed by atoms with E-state index in [1.165, 1.54) is 12.8 Å². The molecule has 120 valence electrons. The number of hydrogen-bond acceptors (Lipinski definition) is 2. The third kappa shape index (κ3) is 1.74. The van der Waals surface area contributed by atoms with Crippen LogP contribution in [0.1, 0.15) is 58.8 Å². The van der Waals surface area contributed by atoms with Crippen LogP contribution in [0.15, 0.2) is 11.6 Å². The van der Waals surface area contributed by atoms with Crippen LogP contribution >= 0.6 is 0 Å². The molecular formula is C19H27NO2. The lowest BCUT2D eigenvalue weighted by atomic mass is 9.47. The number of fused-ring (bicyclic) bond motifs is 5. The van der Waals surface area contributed by atoms with Crippen molar-refractivity contribution >= 4 is 12.2 Å². The SMILES string of the molecule is C[C@]12CCC(=O)NC1CC[C@@H]1[C@@H]2CC[C@]2(C)C(C=O)=CC[C@@H]12. The van der Waals surface area contributed by atoms with Crippen molar-refractivity contribution in [2.45, 2.75) is 64.8 Å². The summed E-state index contributed by atoms with van der Waals surface area (Å²) >= 11 is 0. The van der Waals surface area contributed by atoms with E-state index in [0.717, 1.165) is 43.5 Å². The summed E-state index contributed by atoms with van der Waals surface area (Å²) in [5.41, 5.74) is 1.44. The van der Waals surface area contributed by atoms with E-state index in [1.807, 2.05) is 0 Å². The first-order chi connectivity index (χ1) is 10.5. The molecule has 1 saturated heterocycles. The lowest BCUT2D eigenvalue weighted by Gasteiger charge is -2.59. The van der Waals surface area contributed by atoms with Crippen molar-refractivity contribution in [2.75, 3.05) is 0 Å². The molecule has 0 aromatic carbocycles. The first-order valence-corrected chi connectivity index (χ1v) is 8.94. The normalized spacial score (nSPS) is 50.3. The van der Waals surface area contributed by atoms with Gasteiger partial charge < -0.3 is 5.32 Å². The Bertz CT molecular complexity index is 554. The summed E-state index contributed by atoms with van der Waals surface area (Å²) in [6.45, 7) is 4.73. The summed E-state index contributed by atoms with van der Waals surface area (Å²) in [6.07, 6.45) is 10.8. The second-order valence-corrected chi connectivity index (χ2v) is 8.55. The molecule has 4 aliphatic rings. The number of piperidine rings is 1. The van der Waals surface area contributed by atoms with E-state index >= 15 is 0 Å². The number of hydrogen-bond donors (Lipinski definition) is 1. The van der Waals surface area contributed by atoms with Gasteiger partial charge in [-0.1, -0.05) is 19.9 Å². The molecule has 0 bridgehead atoms. The Balaban J connectivity index is 1.64. The van der Waals surface area contributed by atoms with Crippen LogP contribution in [0.2, 0.25) is 0 Å². The van der Waals surface area contributed by atoms with Crippen LogP contribution in [-0.4, -0.2) is 18.2 Å². The molecule has 6 atom stereocenters. The van der Waals surface area contributed by atoms with Gasteiger partial charge in [0, 0.05) is 12.5 Å². The van der Waals surface area contributed by atoms with E-state index in [9.17, 15) is 9.59 Å². The largest absolute Gasteiger partial charge is 0.353 e. The Morgan fingerprint density at radius 3 is 2.77 bits per heavy atom. The van der Waals surface area contributed by atoms with Crippen molar-refractivity contribution in [3.63, 3.8) is 0 Å². The second kappa shape index (κ2) is 4.69. The molecule has 3 fully saturated rings. The van der Waals surface area contributed by atoms with Gasteiger partial charge in [-0.15, -0.1) is 0 Å². The Morgan fingerprint density at radius 1 is 1.18 bits per heavy atom. The van der Waals surface area contributed by atoms with Gasteiger partial charge in [-0.2, -0.15) is 0 Å². The number of rotatable bonds is 1. The minimum absolute atomic E-state index is 0.115. The van der Waals surface area contributed by atoms with E-state index in [2.05, 4.69) is 25.2 Å². The zero-order valence-electron chi connectivity index (χ0n) is 13.7. The molecule has 1 heterocycles. The second-order valence-electron chi connectivity index (χ2n) is 8.55. The lowest BCUT2D eigenvalue weighted by molar-refractivity contribution is -0.135. The third-order valence-electron chi connectivity index (χ3n) is 7.86. The zero-order chi connectivity index (χ0) is 15.5.